The van der Waals surface area contributed by atoms with Gasteiger partial charge in [0.2, 0.25) is 0 Å². The molecule has 1 amide bonds. The van der Waals surface area contributed by atoms with Crippen molar-refractivity contribution in [2.75, 3.05) is 18.0 Å². The zero-order valence-electron chi connectivity index (χ0n) is 15.0. The van der Waals surface area contributed by atoms with Crippen molar-refractivity contribution >= 4 is 40.5 Å². The third-order valence-electron chi connectivity index (χ3n) is 4.28. The fourth-order valence-electron chi connectivity index (χ4n) is 2.95. The molecule has 11 heteroatoms. The summed E-state index contributed by atoms with van der Waals surface area (Å²) in [6.45, 7) is 0.907. The molecule has 0 saturated carbocycles. The topological polar surface area (TPSA) is 92.5 Å². The molecule has 1 fully saturated rings. The second kappa shape index (κ2) is 8.13. The van der Waals surface area contributed by atoms with Gasteiger partial charge in [0.15, 0.2) is 0 Å². The van der Waals surface area contributed by atoms with Gasteiger partial charge in [0.05, 0.1) is 31.0 Å². The third kappa shape index (κ3) is 4.35. The van der Waals surface area contributed by atoms with Gasteiger partial charge in [-0.3, -0.25) is 9.58 Å². The number of halogens is 1. The Bertz CT molecular complexity index is 1040. The molecule has 8 nitrogen and oxygen atoms in total. The van der Waals surface area contributed by atoms with E-state index in [1.807, 2.05) is 17.6 Å². The first-order valence-corrected chi connectivity index (χ1v) is 9.95. The molecule has 2 N–H and O–H groups in total. The van der Waals surface area contributed by atoms with Crippen LogP contribution < -0.4 is 10.2 Å². The average Bonchev–Trinajstić information content (AvgIpc) is 3.42. The maximum absolute atomic E-state index is 14.8. The summed E-state index contributed by atoms with van der Waals surface area (Å²) in [6.07, 6.45) is 2.44. The molecule has 1 atom stereocenters. The van der Waals surface area contributed by atoms with Crippen LogP contribution in [0.4, 0.5) is 14.9 Å². The van der Waals surface area contributed by atoms with Crippen molar-refractivity contribution < 1.29 is 19.0 Å². The number of nitrogens with one attached hydrogen (secondary N) is 1. The summed E-state index contributed by atoms with van der Waals surface area (Å²) in [6, 6.07) is 6.37. The summed E-state index contributed by atoms with van der Waals surface area (Å²) in [5, 5.41) is 17.7. The van der Waals surface area contributed by atoms with Gasteiger partial charge in [-0.1, -0.05) is 0 Å². The second-order valence-corrected chi connectivity index (χ2v) is 7.56. The van der Waals surface area contributed by atoms with E-state index in [0.717, 1.165) is 5.69 Å². The van der Waals surface area contributed by atoms with Crippen molar-refractivity contribution in [2.45, 2.75) is 12.6 Å². The highest BCUT2D eigenvalue weighted by atomic mass is 32.1. The molecule has 2 aromatic heterocycles. The lowest BCUT2D eigenvalue weighted by Gasteiger charge is -2.14. The number of thiocarbonyl (C=S) groups is 1. The molecular formula is C18H16FN5O3S2. The smallest absolute Gasteiger partial charge is 0.414 e. The lowest BCUT2D eigenvalue weighted by atomic mass is 10.2. The van der Waals surface area contributed by atoms with Gasteiger partial charge in [-0.2, -0.15) is 5.10 Å². The number of anilines is 1. The summed E-state index contributed by atoms with van der Waals surface area (Å²) in [4.78, 5) is 17.9. The molecule has 0 aliphatic carbocycles. The number of thiazole rings is 1. The highest BCUT2D eigenvalue weighted by molar-refractivity contribution is 7.79. The van der Waals surface area contributed by atoms with E-state index in [1.54, 1.807) is 23.0 Å². The van der Waals surface area contributed by atoms with Gasteiger partial charge in [-0.25, -0.2) is 14.2 Å². The monoisotopic (exact) mass is 433 g/mol. The minimum atomic E-state index is -0.580. The first kappa shape index (κ1) is 19.3. The number of carbonyl (C=O) groups excluding carboxylic acids is 1. The Balaban J connectivity index is 1.48. The quantitative estimate of drug-likeness (QED) is 0.578. The van der Waals surface area contributed by atoms with E-state index in [0.29, 0.717) is 22.8 Å². The molecule has 1 aliphatic rings. The van der Waals surface area contributed by atoms with Crippen molar-refractivity contribution in [1.29, 1.82) is 0 Å². The van der Waals surface area contributed by atoms with Crippen LogP contribution in [0.5, 0.6) is 0 Å². The van der Waals surface area contributed by atoms with Crippen LogP contribution in [0.25, 0.3) is 10.6 Å². The van der Waals surface area contributed by atoms with Gasteiger partial charge in [0.1, 0.15) is 16.9 Å². The van der Waals surface area contributed by atoms with Crippen LogP contribution in [0.15, 0.2) is 42.0 Å². The van der Waals surface area contributed by atoms with E-state index < -0.39 is 18.0 Å². The molecular weight excluding hydrogens is 417 g/mol. The van der Waals surface area contributed by atoms with Gasteiger partial charge in [-0.05, 0) is 36.5 Å². The van der Waals surface area contributed by atoms with Crippen molar-refractivity contribution in [3.63, 3.8) is 0 Å². The van der Waals surface area contributed by atoms with Crippen molar-refractivity contribution in [3.05, 3.63) is 53.6 Å². The Morgan fingerprint density at radius 3 is 3.07 bits per heavy atom. The number of hydrogen-bond acceptors (Lipinski definition) is 6. The normalized spacial score (nSPS) is 16.1. The molecule has 1 saturated heterocycles. The Kier molecular flexibility index (Phi) is 5.41. The molecule has 150 valence electrons. The minimum Gasteiger partial charge on any atom is -0.487 e. The summed E-state index contributed by atoms with van der Waals surface area (Å²) in [7, 11) is 0. The molecule has 0 radical (unpaired) electrons. The number of ether oxygens (including phenoxy) is 1. The van der Waals surface area contributed by atoms with Crippen molar-refractivity contribution in [2.24, 2.45) is 0 Å². The second-order valence-electron chi connectivity index (χ2n) is 6.31. The zero-order valence-corrected chi connectivity index (χ0v) is 16.6. The number of benzene rings is 1. The largest absolute Gasteiger partial charge is 0.487 e. The number of hydrogen-bond donors (Lipinski definition) is 2. The van der Waals surface area contributed by atoms with Crippen LogP contribution >= 0.6 is 23.6 Å². The van der Waals surface area contributed by atoms with Crippen LogP contribution in [0.1, 0.15) is 5.69 Å². The Hall–Kier alpha value is -3.05. The summed E-state index contributed by atoms with van der Waals surface area (Å²) in [5.74, 6) is -0.478. The van der Waals surface area contributed by atoms with Gasteiger partial charge in [0, 0.05) is 23.3 Å². The van der Waals surface area contributed by atoms with Gasteiger partial charge >= 0.3 is 6.09 Å². The average molecular weight is 433 g/mol. The summed E-state index contributed by atoms with van der Waals surface area (Å²) >= 11 is 5.87. The molecule has 4 rings (SSSR count). The summed E-state index contributed by atoms with van der Waals surface area (Å²) < 4.78 is 21.7. The van der Waals surface area contributed by atoms with Crippen molar-refractivity contribution in [1.82, 2.24) is 20.1 Å². The van der Waals surface area contributed by atoms with Gasteiger partial charge in [0.25, 0.3) is 5.17 Å². The molecule has 0 unspecified atom stereocenters. The van der Waals surface area contributed by atoms with Crippen molar-refractivity contribution in [3.8, 4) is 10.6 Å². The Labute approximate surface area is 174 Å². The molecule has 0 bridgehead atoms. The molecule has 1 aromatic carbocycles. The molecule has 1 aliphatic heterocycles. The number of aliphatic hydroxyl groups excluding tert-OH is 1. The number of rotatable bonds is 6. The molecule has 3 aromatic rings. The first-order chi connectivity index (χ1) is 14.0. The third-order valence-corrected chi connectivity index (χ3v) is 5.35. The number of nitrogens with zero attached hydrogens (tertiary/aromatic N) is 4. The van der Waals surface area contributed by atoms with E-state index in [-0.39, 0.29) is 18.3 Å². The van der Waals surface area contributed by atoms with Crippen LogP contribution in [0, 0.1) is 5.82 Å². The van der Waals surface area contributed by atoms with Crippen LogP contribution in [-0.2, 0) is 11.3 Å². The van der Waals surface area contributed by atoms with E-state index >= 15 is 0 Å². The van der Waals surface area contributed by atoms with E-state index in [2.05, 4.69) is 27.6 Å². The standard InChI is InChI=1S/C18H16FN5O3S2/c19-15-6-12(24-9-13(27-18(24)26)7-20-17(25)28)2-3-14(15)16-22-11(10-29-16)8-23-5-1-4-21-23/h1-6,10,13H,7-9H2,(H2,20,25,28)/t13-/m0/s1. The van der Waals surface area contributed by atoms with E-state index in [4.69, 9.17) is 9.84 Å². The number of amides is 1. The van der Waals surface area contributed by atoms with Gasteiger partial charge < -0.3 is 15.2 Å². The highest BCUT2D eigenvalue weighted by Gasteiger charge is 2.32. The number of carbonyl (C=O) groups is 1. The SMILES string of the molecule is O=C1O[C@@H](CNC(O)=S)CN1c1ccc(-c2nc(Cn3cccn3)cs2)c(F)c1. The fraction of sp³-hybridized carbons (Fsp3) is 0.222. The number of cyclic esters (lactones) is 1. The van der Waals surface area contributed by atoms with Crippen LogP contribution in [-0.4, -0.2) is 50.3 Å². The Morgan fingerprint density at radius 1 is 1.48 bits per heavy atom. The Morgan fingerprint density at radius 2 is 2.34 bits per heavy atom. The van der Waals surface area contributed by atoms with Crippen LogP contribution in [0.3, 0.4) is 0 Å². The number of aromatic nitrogens is 3. The van der Waals surface area contributed by atoms with Crippen LogP contribution in [0.2, 0.25) is 0 Å². The van der Waals surface area contributed by atoms with E-state index in [1.165, 1.54) is 22.3 Å². The van der Waals surface area contributed by atoms with E-state index in [9.17, 15) is 9.18 Å². The maximum Gasteiger partial charge on any atom is 0.414 e. The minimum absolute atomic E-state index is 0.177. The lowest BCUT2D eigenvalue weighted by molar-refractivity contribution is 0.142. The highest BCUT2D eigenvalue weighted by Crippen LogP contribution is 2.31. The zero-order chi connectivity index (χ0) is 20.4. The lowest BCUT2D eigenvalue weighted by Crippen LogP contribution is -2.33. The molecule has 3 heterocycles. The summed E-state index contributed by atoms with van der Waals surface area (Å²) in [5.41, 5.74) is 1.54. The first-order valence-electron chi connectivity index (χ1n) is 8.66. The fourth-order valence-corrected chi connectivity index (χ4v) is 3.87. The number of aliphatic hydroxyl groups is 1. The molecule has 29 heavy (non-hydrogen) atoms. The predicted octanol–water partition coefficient (Wildman–Crippen LogP) is 2.95. The molecule has 0 spiro atoms. The predicted molar refractivity (Wildman–Crippen MR) is 110 cm³/mol. The van der Waals surface area contributed by atoms with Gasteiger partial charge in [-0.15, -0.1) is 11.3 Å². The maximum atomic E-state index is 14.8.